The molecule has 0 atom stereocenters. The minimum Gasteiger partial charge on any atom is -0.326 e. The maximum Gasteiger partial charge on any atom is 0.279 e. The van der Waals surface area contributed by atoms with E-state index in [0.29, 0.717) is 23.2 Å². The van der Waals surface area contributed by atoms with Crippen LogP contribution in [-0.2, 0) is 4.79 Å². The fraction of sp³-hybridized carbons (Fsp3) is 0.0556. The predicted molar refractivity (Wildman–Crippen MR) is 92.9 cm³/mol. The molecule has 0 bridgehead atoms. The van der Waals surface area contributed by atoms with Gasteiger partial charge < -0.3 is 5.32 Å². The summed E-state index contributed by atoms with van der Waals surface area (Å²) < 4.78 is 0. The molecule has 2 aliphatic rings. The van der Waals surface area contributed by atoms with Crippen molar-refractivity contribution in [1.29, 1.82) is 0 Å². The number of rotatable bonds is 4. The zero-order valence-corrected chi connectivity index (χ0v) is 13.1. The van der Waals surface area contributed by atoms with Crippen LogP contribution < -0.4 is 5.32 Å². The van der Waals surface area contributed by atoms with E-state index in [4.69, 9.17) is 11.6 Å². The van der Waals surface area contributed by atoms with Crippen LogP contribution in [-0.4, -0.2) is 23.3 Å². The van der Waals surface area contributed by atoms with Crippen molar-refractivity contribution in [3.05, 3.63) is 85.3 Å². The Bertz CT molecular complexity index is 657. The highest BCUT2D eigenvalue weighted by Crippen LogP contribution is 2.28. The van der Waals surface area contributed by atoms with Crippen molar-refractivity contribution >= 4 is 29.2 Å². The number of carbonyl (C=O) groups is 1. The normalized spacial score (nSPS) is 20.2. The van der Waals surface area contributed by atoms with Gasteiger partial charge in [-0.3, -0.25) is 9.69 Å². The van der Waals surface area contributed by atoms with Gasteiger partial charge in [-0.25, -0.2) is 4.99 Å². The Kier molecular flexibility index (Phi) is 4.82. The molecule has 1 fully saturated rings. The van der Waals surface area contributed by atoms with Crippen LogP contribution in [0.5, 0.6) is 0 Å². The van der Waals surface area contributed by atoms with E-state index in [-0.39, 0.29) is 5.91 Å². The van der Waals surface area contributed by atoms with Gasteiger partial charge in [-0.2, -0.15) is 0 Å². The van der Waals surface area contributed by atoms with E-state index < -0.39 is 0 Å². The van der Waals surface area contributed by atoms with E-state index in [1.54, 1.807) is 29.2 Å². The molecule has 0 saturated heterocycles. The van der Waals surface area contributed by atoms with E-state index in [1.807, 2.05) is 37.8 Å². The average Bonchev–Trinajstić information content (AvgIpc) is 3.14. The summed E-state index contributed by atoms with van der Waals surface area (Å²) in [6.07, 6.45) is 11.1. The average molecular weight is 325 g/mol. The minimum absolute atomic E-state index is 0.150. The molecule has 1 aromatic rings. The zero-order valence-electron chi connectivity index (χ0n) is 12.4. The van der Waals surface area contributed by atoms with Gasteiger partial charge in [0.25, 0.3) is 5.91 Å². The first-order valence-electron chi connectivity index (χ1n) is 7.15. The lowest BCUT2D eigenvalue weighted by atomic mass is 10.1. The maximum absolute atomic E-state index is 12.5. The number of nitrogens with zero attached hydrogens (tertiary/aromatic N) is 2. The Labute approximate surface area is 141 Å². The Hall–Kier alpha value is -2.07. The number of hydrogen-bond acceptors (Lipinski definition) is 3. The molecule has 5 radical (unpaired) electrons. The molecule has 0 aromatic heterocycles. The Balaban J connectivity index is 1.83. The second-order valence-electron chi connectivity index (χ2n) is 5.02. The molecule has 115 valence electrons. The van der Waals surface area contributed by atoms with Crippen molar-refractivity contribution in [2.24, 2.45) is 4.99 Å². The molecule has 0 spiro atoms. The van der Waals surface area contributed by atoms with Crippen LogP contribution in [0.1, 0.15) is 0 Å². The zero-order chi connectivity index (χ0) is 16.2. The second-order valence-corrected chi connectivity index (χ2v) is 5.46. The molecule has 4 nitrogen and oxygen atoms in total. The van der Waals surface area contributed by atoms with Gasteiger partial charge in [0.1, 0.15) is 5.70 Å². The van der Waals surface area contributed by atoms with Crippen LogP contribution in [0, 0.1) is 31.6 Å². The number of anilines is 1. The fourth-order valence-electron chi connectivity index (χ4n) is 2.25. The molecule has 0 unspecified atom stereocenters. The van der Waals surface area contributed by atoms with Gasteiger partial charge in [0.2, 0.25) is 5.96 Å². The molecular weight excluding hydrogens is 310 g/mol. The molecule has 1 N–H and O–H groups in total. The molecular formula is C18H15ClN3O. The van der Waals surface area contributed by atoms with E-state index in [9.17, 15) is 4.79 Å². The maximum atomic E-state index is 12.5. The number of hydrogen-bond donors (Lipinski definition) is 1. The van der Waals surface area contributed by atoms with Crippen molar-refractivity contribution < 1.29 is 4.79 Å². The third kappa shape index (κ3) is 3.64. The number of aliphatic imine (C=N–C) groups is 1. The smallest absolute Gasteiger partial charge is 0.279 e. The van der Waals surface area contributed by atoms with E-state index in [1.165, 1.54) is 0 Å². The number of amides is 1. The molecule has 1 heterocycles. The Morgan fingerprint density at radius 3 is 2.57 bits per heavy atom. The quantitative estimate of drug-likeness (QED) is 0.681. The molecule has 1 amide bonds. The van der Waals surface area contributed by atoms with E-state index in [2.05, 4.69) is 16.9 Å². The van der Waals surface area contributed by atoms with Gasteiger partial charge in [0.05, 0.1) is 0 Å². The standard InChI is InChI=1S/C18H15ClN3O/c1-2-11-22-17(23)16(12-13-5-3-4-6-13)21-18(22)20-15-9-7-14(19)8-10-15/h2-10,12H,1,11H2,(H,20,21)/b16-12-. The third-order valence-electron chi connectivity index (χ3n) is 3.35. The summed E-state index contributed by atoms with van der Waals surface area (Å²) in [7, 11) is 0. The van der Waals surface area contributed by atoms with Gasteiger partial charge in [-0.1, -0.05) is 17.7 Å². The molecule has 1 aliphatic carbocycles. The van der Waals surface area contributed by atoms with Crippen LogP contribution in [0.15, 0.2) is 53.7 Å². The molecule has 1 aromatic carbocycles. The van der Waals surface area contributed by atoms with E-state index >= 15 is 0 Å². The van der Waals surface area contributed by atoms with Crippen LogP contribution in [0.3, 0.4) is 0 Å². The Morgan fingerprint density at radius 2 is 1.91 bits per heavy atom. The highest BCUT2D eigenvalue weighted by Gasteiger charge is 2.30. The van der Waals surface area contributed by atoms with Crippen molar-refractivity contribution in [1.82, 2.24) is 4.90 Å². The SMILES string of the molecule is C=CCN1C(=O)/C(=C/[C]2[CH][CH][CH][CH]2)N=C1Nc1ccc(Cl)cc1. The van der Waals surface area contributed by atoms with Crippen LogP contribution in [0.25, 0.3) is 0 Å². The lowest BCUT2D eigenvalue weighted by Crippen LogP contribution is -2.36. The number of halogens is 1. The van der Waals surface area contributed by atoms with Crippen molar-refractivity contribution in [3.8, 4) is 0 Å². The third-order valence-corrected chi connectivity index (χ3v) is 3.60. The summed E-state index contributed by atoms with van der Waals surface area (Å²) >= 11 is 5.89. The summed E-state index contributed by atoms with van der Waals surface area (Å²) in [4.78, 5) is 18.5. The molecule has 3 rings (SSSR count). The molecule has 23 heavy (non-hydrogen) atoms. The lowest BCUT2D eigenvalue weighted by Gasteiger charge is -2.17. The van der Waals surface area contributed by atoms with Crippen molar-refractivity contribution in [2.45, 2.75) is 0 Å². The van der Waals surface area contributed by atoms with E-state index in [0.717, 1.165) is 11.6 Å². The first-order valence-corrected chi connectivity index (χ1v) is 7.52. The molecule has 5 heteroatoms. The fourth-order valence-corrected chi connectivity index (χ4v) is 2.38. The first-order chi connectivity index (χ1) is 11.2. The summed E-state index contributed by atoms with van der Waals surface area (Å²) in [6.45, 7) is 4.08. The number of benzene rings is 1. The van der Waals surface area contributed by atoms with Crippen LogP contribution >= 0.6 is 11.6 Å². The molecule has 1 aliphatic heterocycles. The van der Waals surface area contributed by atoms with Gasteiger partial charge >= 0.3 is 0 Å². The monoisotopic (exact) mass is 324 g/mol. The number of carbonyl (C=O) groups excluding carboxylic acids is 1. The van der Waals surface area contributed by atoms with Gasteiger partial charge in [-0.15, -0.1) is 6.58 Å². The molecule has 1 saturated carbocycles. The summed E-state index contributed by atoms with van der Waals surface area (Å²) in [6, 6.07) is 7.22. The van der Waals surface area contributed by atoms with Crippen molar-refractivity contribution in [3.63, 3.8) is 0 Å². The number of nitrogens with one attached hydrogen (secondary N) is 1. The van der Waals surface area contributed by atoms with Gasteiger partial charge in [0, 0.05) is 23.2 Å². The first kappa shape index (κ1) is 15.8. The summed E-state index contributed by atoms with van der Waals surface area (Å²) in [5, 5.41) is 3.80. The largest absolute Gasteiger partial charge is 0.326 e. The van der Waals surface area contributed by atoms with Crippen LogP contribution in [0.2, 0.25) is 5.02 Å². The number of guanidine groups is 1. The van der Waals surface area contributed by atoms with Gasteiger partial charge in [0.15, 0.2) is 0 Å². The number of allylic oxidation sites excluding steroid dienone is 1. The highest BCUT2D eigenvalue weighted by atomic mass is 35.5. The lowest BCUT2D eigenvalue weighted by molar-refractivity contribution is -0.122. The summed E-state index contributed by atoms with van der Waals surface area (Å²) in [5.41, 5.74) is 1.21. The second kappa shape index (κ2) is 7.01. The van der Waals surface area contributed by atoms with Crippen LogP contribution in [0.4, 0.5) is 5.69 Å². The topological polar surface area (TPSA) is 44.7 Å². The summed E-state index contributed by atoms with van der Waals surface area (Å²) in [5.74, 6) is 1.28. The predicted octanol–water partition coefficient (Wildman–Crippen LogP) is 3.43. The minimum atomic E-state index is -0.150. The Morgan fingerprint density at radius 1 is 1.22 bits per heavy atom. The van der Waals surface area contributed by atoms with Gasteiger partial charge in [-0.05, 0) is 56.0 Å². The van der Waals surface area contributed by atoms with Crippen molar-refractivity contribution in [2.75, 3.05) is 11.9 Å². The highest BCUT2D eigenvalue weighted by molar-refractivity contribution is 6.30.